The molecule has 0 fully saturated rings. The third kappa shape index (κ3) is 4.55. The van der Waals surface area contributed by atoms with E-state index in [1.54, 1.807) is 19.2 Å². The Bertz CT molecular complexity index is 872. The van der Waals surface area contributed by atoms with Crippen molar-refractivity contribution in [3.05, 3.63) is 53.6 Å². The number of amides is 1. The monoisotopic (exact) mass is 396 g/mol. The summed E-state index contributed by atoms with van der Waals surface area (Å²) in [7, 11) is -0.898. The average molecular weight is 397 g/mol. The molecule has 140 valence electrons. The van der Waals surface area contributed by atoms with E-state index in [2.05, 4.69) is 0 Å². The molecule has 0 heterocycles. The average Bonchev–Trinajstić information content (AvgIpc) is 2.63. The molecule has 0 bridgehead atoms. The zero-order chi connectivity index (χ0) is 19.3. The van der Waals surface area contributed by atoms with Crippen LogP contribution in [0.15, 0.2) is 53.4 Å². The molecule has 0 aliphatic rings. The fraction of sp³-hybridized carbons (Fsp3) is 0.278. The number of carbonyl (C=O) groups is 1. The van der Waals surface area contributed by atoms with Crippen LogP contribution in [-0.4, -0.2) is 45.9 Å². The van der Waals surface area contributed by atoms with E-state index in [1.165, 1.54) is 30.1 Å². The summed E-state index contributed by atoms with van der Waals surface area (Å²) < 4.78 is 31.7. The minimum atomic E-state index is -3.86. The molecular formula is C18H21ClN2O4S. The lowest BCUT2D eigenvalue weighted by Crippen LogP contribution is -2.39. The number of likely N-dealkylation sites (N-methyl/N-ethyl adjacent to an activating group) is 2. The number of nitrogens with zero attached hydrogens (tertiary/aromatic N) is 2. The number of rotatable bonds is 7. The van der Waals surface area contributed by atoms with Gasteiger partial charge in [-0.15, -0.1) is 0 Å². The fourth-order valence-electron chi connectivity index (χ4n) is 2.27. The van der Waals surface area contributed by atoms with E-state index in [0.717, 1.165) is 4.31 Å². The lowest BCUT2D eigenvalue weighted by Gasteiger charge is -2.22. The Kier molecular flexibility index (Phi) is 6.63. The molecule has 0 N–H and O–H groups in total. The van der Waals surface area contributed by atoms with Crippen LogP contribution in [0.4, 0.5) is 5.69 Å². The van der Waals surface area contributed by atoms with Crippen molar-refractivity contribution in [2.45, 2.75) is 11.8 Å². The van der Waals surface area contributed by atoms with Crippen LogP contribution in [0.25, 0.3) is 0 Å². The number of hydrogen-bond acceptors (Lipinski definition) is 4. The normalized spacial score (nSPS) is 11.4. The van der Waals surface area contributed by atoms with Gasteiger partial charge >= 0.3 is 0 Å². The molecule has 0 spiro atoms. The van der Waals surface area contributed by atoms with Gasteiger partial charge in [0, 0.05) is 19.8 Å². The minimum absolute atomic E-state index is 0.00335. The Balaban J connectivity index is 2.16. The summed E-state index contributed by atoms with van der Waals surface area (Å²) >= 11 is 6.07. The maximum Gasteiger partial charge on any atom is 0.243 e. The summed E-state index contributed by atoms with van der Waals surface area (Å²) in [4.78, 5) is 13.8. The minimum Gasteiger partial charge on any atom is -0.492 e. The lowest BCUT2D eigenvalue weighted by molar-refractivity contribution is -0.118. The van der Waals surface area contributed by atoms with Gasteiger partial charge in [0.15, 0.2) is 0 Å². The number of halogens is 1. The maximum atomic E-state index is 12.7. The number of anilines is 1. The van der Waals surface area contributed by atoms with Gasteiger partial charge in [-0.2, -0.15) is 4.31 Å². The third-order valence-corrected chi connectivity index (χ3v) is 5.88. The molecule has 0 aliphatic heterocycles. The highest BCUT2D eigenvalue weighted by Crippen LogP contribution is 2.28. The van der Waals surface area contributed by atoms with Crippen LogP contribution >= 0.6 is 11.6 Å². The van der Waals surface area contributed by atoms with Gasteiger partial charge in [0.1, 0.15) is 5.75 Å². The summed E-state index contributed by atoms with van der Waals surface area (Å²) in [6, 6.07) is 13.2. The highest BCUT2D eigenvalue weighted by Gasteiger charge is 2.25. The second-order valence-electron chi connectivity index (χ2n) is 5.57. The van der Waals surface area contributed by atoms with Crippen molar-refractivity contribution in [2.75, 3.05) is 32.1 Å². The molecule has 0 aromatic heterocycles. The van der Waals surface area contributed by atoms with Crippen LogP contribution in [0.3, 0.4) is 0 Å². The molecule has 0 unspecified atom stereocenters. The first kappa shape index (κ1) is 20.2. The molecule has 6 nitrogen and oxygen atoms in total. The van der Waals surface area contributed by atoms with E-state index in [0.29, 0.717) is 18.0 Å². The van der Waals surface area contributed by atoms with Crippen LogP contribution in [0, 0.1) is 0 Å². The SMILES string of the molecule is CCOc1ccc(S(=O)(=O)N(C)CC(=O)N(C)c2ccccc2)cc1Cl. The van der Waals surface area contributed by atoms with Crippen molar-refractivity contribution in [1.82, 2.24) is 4.31 Å². The first-order valence-corrected chi connectivity index (χ1v) is 9.79. The van der Waals surface area contributed by atoms with Crippen LogP contribution in [0.2, 0.25) is 5.02 Å². The molecule has 0 saturated carbocycles. The molecule has 2 rings (SSSR count). The van der Waals surface area contributed by atoms with Crippen LogP contribution in [0.5, 0.6) is 5.75 Å². The summed E-state index contributed by atoms with van der Waals surface area (Å²) in [6.45, 7) is 1.94. The van der Waals surface area contributed by atoms with Crippen molar-refractivity contribution in [3.8, 4) is 5.75 Å². The Labute approximate surface area is 159 Å². The summed E-state index contributed by atoms with van der Waals surface area (Å²) in [5.41, 5.74) is 0.687. The van der Waals surface area contributed by atoms with Gasteiger partial charge in [0.05, 0.1) is 23.1 Å². The second-order valence-corrected chi connectivity index (χ2v) is 8.03. The van der Waals surface area contributed by atoms with E-state index in [-0.39, 0.29) is 22.4 Å². The molecular weight excluding hydrogens is 376 g/mol. The zero-order valence-corrected chi connectivity index (χ0v) is 16.4. The molecule has 8 heteroatoms. The molecule has 0 radical (unpaired) electrons. The van der Waals surface area contributed by atoms with E-state index in [4.69, 9.17) is 16.3 Å². The van der Waals surface area contributed by atoms with Crippen LogP contribution < -0.4 is 9.64 Å². The van der Waals surface area contributed by atoms with Crippen LogP contribution in [-0.2, 0) is 14.8 Å². The number of ether oxygens (including phenoxy) is 1. The Morgan fingerprint density at radius 3 is 2.35 bits per heavy atom. The Morgan fingerprint density at radius 2 is 1.77 bits per heavy atom. The molecule has 2 aromatic carbocycles. The standard InChI is InChI=1S/C18H21ClN2O4S/c1-4-25-17-11-10-15(12-16(17)19)26(23,24)20(2)13-18(22)21(3)14-8-6-5-7-9-14/h5-12H,4,13H2,1-3H3. The quantitative estimate of drug-likeness (QED) is 0.721. The van der Waals surface area contributed by atoms with Gasteiger partial charge in [-0.05, 0) is 37.3 Å². The molecule has 0 atom stereocenters. The van der Waals surface area contributed by atoms with E-state index in [1.807, 2.05) is 25.1 Å². The number of para-hydroxylation sites is 1. The number of sulfonamides is 1. The lowest BCUT2D eigenvalue weighted by atomic mass is 10.3. The molecule has 2 aromatic rings. The topological polar surface area (TPSA) is 66.9 Å². The second kappa shape index (κ2) is 8.53. The summed E-state index contributed by atoms with van der Waals surface area (Å²) in [6.07, 6.45) is 0. The molecule has 0 saturated heterocycles. The van der Waals surface area contributed by atoms with Gasteiger partial charge in [-0.25, -0.2) is 8.42 Å². The Hall–Kier alpha value is -2.09. The largest absolute Gasteiger partial charge is 0.492 e. The predicted molar refractivity (Wildman–Crippen MR) is 102 cm³/mol. The first-order valence-electron chi connectivity index (χ1n) is 7.97. The number of hydrogen-bond donors (Lipinski definition) is 0. The highest BCUT2D eigenvalue weighted by molar-refractivity contribution is 7.89. The van der Waals surface area contributed by atoms with E-state index < -0.39 is 10.0 Å². The maximum absolute atomic E-state index is 12.7. The van der Waals surface area contributed by atoms with Crippen LogP contribution in [0.1, 0.15) is 6.92 Å². The zero-order valence-electron chi connectivity index (χ0n) is 14.8. The summed E-state index contributed by atoms with van der Waals surface area (Å²) in [5, 5.41) is 0.203. The van der Waals surface area contributed by atoms with Gasteiger partial charge in [0.2, 0.25) is 15.9 Å². The van der Waals surface area contributed by atoms with Crippen molar-refractivity contribution in [2.24, 2.45) is 0 Å². The molecule has 1 amide bonds. The first-order chi connectivity index (χ1) is 12.3. The fourth-order valence-corrected chi connectivity index (χ4v) is 3.72. The molecule has 26 heavy (non-hydrogen) atoms. The Morgan fingerprint density at radius 1 is 1.12 bits per heavy atom. The van der Waals surface area contributed by atoms with Gasteiger partial charge in [-0.1, -0.05) is 29.8 Å². The van der Waals surface area contributed by atoms with E-state index >= 15 is 0 Å². The van der Waals surface area contributed by atoms with Crippen molar-refractivity contribution < 1.29 is 17.9 Å². The van der Waals surface area contributed by atoms with Gasteiger partial charge in [-0.3, -0.25) is 4.79 Å². The van der Waals surface area contributed by atoms with Crippen molar-refractivity contribution >= 4 is 33.2 Å². The van der Waals surface area contributed by atoms with Gasteiger partial charge in [0.25, 0.3) is 0 Å². The van der Waals surface area contributed by atoms with E-state index in [9.17, 15) is 13.2 Å². The number of benzene rings is 2. The smallest absolute Gasteiger partial charge is 0.243 e. The third-order valence-electron chi connectivity index (χ3n) is 3.79. The van der Waals surface area contributed by atoms with Gasteiger partial charge < -0.3 is 9.64 Å². The predicted octanol–water partition coefficient (Wildman–Crippen LogP) is 3.02. The summed E-state index contributed by atoms with van der Waals surface area (Å²) in [5.74, 6) is 0.0648. The van der Waals surface area contributed by atoms with Crippen molar-refractivity contribution in [1.29, 1.82) is 0 Å². The number of carbonyl (C=O) groups excluding carboxylic acids is 1. The highest BCUT2D eigenvalue weighted by atomic mass is 35.5. The van der Waals surface area contributed by atoms with Crippen molar-refractivity contribution in [3.63, 3.8) is 0 Å². The molecule has 0 aliphatic carbocycles.